The molecule has 1 aromatic carbocycles. The van der Waals surface area contributed by atoms with E-state index in [0.29, 0.717) is 0 Å². The number of carbonyl (C=O) groups is 1. The summed E-state index contributed by atoms with van der Waals surface area (Å²) in [5.74, 6) is 0. The summed E-state index contributed by atoms with van der Waals surface area (Å²) < 4.78 is 25.5. The molecular formula is C9H9ClN2O5S. The minimum atomic E-state index is -3.92. The van der Waals surface area contributed by atoms with Gasteiger partial charge in [0.15, 0.2) is 0 Å². The van der Waals surface area contributed by atoms with Crippen molar-refractivity contribution in [3.05, 3.63) is 34.4 Å². The average Bonchev–Trinajstić information content (AvgIpc) is 2.28. The molecule has 0 amide bonds. The van der Waals surface area contributed by atoms with Crippen molar-refractivity contribution in [3.8, 4) is 0 Å². The molecule has 9 heteroatoms. The van der Waals surface area contributed by atoms with E-state index in [4.69, 9.17) is 11.6 Å². The van der Waals surface area contributed by atoms with Crippen LogP contribution in [0.5, 0.6) is 0 Å². The van der Waals surface area contributed by atoms with E-state index in [2.05, 4.69) is 0 Å². The summed E-state index contributed by atoms with van der Waals surface area (Å²) in [4.78, 5) is 20.3. The number of sulfonamides is 1. The van der Waals surface area contributed by atoms with Gasteiger partial charge in [-0.15, -0.1) is 0 Å². The van der Waals surface area contributed by atoms with Crippen LogP contribution in [0.15, 0.2) is 29.2 Å². The standard InChI is InChI=1S/C9H9ClN2O5S/c1-6(9(10)13)11-18(16,17)8-4-2-7(3-5-8)12(14)15/h2-6,11H,1H3/t6-/m0/s1. The predicted molar refractivity (Wildman–Crippen MR) is 63.7 cm³/mol. The first-order valence-corrected chi connectivity index (χ1v) is 6.56. The molecule has 1 atom stereocenters. The van der Waals surface area contributed by atoms with Crippen LogP contribution >= 0.6 is 11.6 Å². The van der Waals surface area contributed by atoms with E-state index in [1.165, 1.54) is 6.92 Å². The first-order chi connectivity index (χ1) is 8.24. The van der Waals surface area contributed by atoms with Gasteiger partial charge < -0.3 is 0 Å². The second kappa shape index (κ2) is 5.42. The second-order valence-corrected chi connectivity index (χ2v) is 5.48. The fraction of sp³-hybridized carbons (Fsp3) is 0.222. The Balaban J connectivity index is 2.99. The van der Waals surface area contributed by atoms with Crippen LogP contribution in [0.4, 0.5) is 5.69 Å². The Kier molecular flexibility index (Phi) is 4.38. The van der Waals surface area contributed by atoms with E-state index in [9.17, 15) is 23.3 Å². The number of hydrogen-bond donors (Lipinski definition) is 1. The molecule has 1 aromatic rings. The summed E-state index contributed by atoms with van der Waals surface area (Å²) in [6, 6.07) is 3.19. The number of nitro groups is 1. The van der Waals surface area contributed by atoms with Gasteiger partial charge in [0.05, 0.1) is 15.9 Å². The van der Waals surface area contributed by atoms with Gasteiger partial charge in [-0.05, 0) is 30.7 Å². The number of carbonyl (C=O) groups excluding carboxylic acids is 1. The number of rotatable bonds is 5. The lowest BCUT2D eigenvalue weighted by Gasteiger charge is -2.09. The molecule has 0 spiro atoms. The summed E-state index contributed by atoms with van der Waals surface area (Å²) in [7, 11) is -3.92. The number of benzene rings is 1. The molecule has 0 fully saturated rings. The van der Waals surface area contributed by atoms with Gasteiger partial charge in [-0.3, -0.25) is 14.9 Å². The molecule has 0 heterocycles. The lowest BCUT2D eigenvalue weighted by Crippen LogP contribution is -2.36. The average molecular weight is 293 g/mol. The molecule has 0 aliphatic heterocycles. The molecule has 18 heavy (non-hydrogen) atoms. The molecule has 0 bridgehead atoms. The fourth-order valence-electron chi connectivity index (χ4n) is 1.09. The molecule has 0 saturated heterocycles. The SMILES string of the molecule is C[C@H](NS(=O)(=O)c1ccc([N+](=O)[O-])cc1)C(=O)Cl. The topological polar surface area (TPSA) is 106 Å². The minimum absolute atomic E-state index is 0.183. The molecule has 0 aromatic heterocycles. The Bertz CT molecular complexity index is 569. The maximum absolute atomic E-state index is 11.7. The minimum Gasteiger partial charge on any atom is -0.279 e. The zero-order valence-corrected chi connectivity index (χ0v) is 10.7. The van der Waals surface area contributed by atoms with Crippen LogP contribution in [0.2, 0.25) is 0 Å². The summed E-state index contributed by atoms with van der Waals surface area (Å²) in [5.41, 5.74) is -0.226. The van der Waals surface area contributed by atoms with Crippen LogP contribution < -0.4 is 4.72 Å². The van der Waals surface area contributed by atoms with Gasteiger partial charge in [0.1, 0.15) is 0 Å². The van der Waals surface area contributed by atoms with E-state index >= 15 is 0 Å². The Morgan fingerprint density at radius 1 is 1.39 bits per heavy atom. The van der Waals surface area contributed by atoms with Crippen molar-refractivity contribution in [2.75, 3.05) is 0 Å². The van der Waals surface area contributed by atoms with E-state index in [1.807, 2.05) is 4.72 Å². The van der Waals surface area contributed by atoms with Gasteiger partial charge in [-0.1, -0.05) is 0 Å². The summed E-state index contributed by atoms with van der Waals surface area (Å²) in [6.45, 7) is 1.29. The van der Waals surface area contributed by atoms with Gasteiger partial charge in [-0.2, -0.15) is 4.72 Å². The number of hydrogen-bond acceptors (Lipinski definition) is 5. The quantitative estimate of drug-likeness (QED) is 0.495. The van der Waals surface area contributed by atoms with Crippen LogP contribution in [0, 0.1) is 10.1 Å². The highest BCUT2D eigenvalue weighted by Gasteiger charge is 2.21. The molecule has 0 unspecified atom stereocenters. The number of nitro benzene ring substituents is 1. The van der Waals surface area contributed by atoms with E-state index in [-0.39, 0.29) is 10.6 Å². The Morgan fingerprint density at radius 2 is 1.89 bits per heavy atom. The molecule has 7 nitrogen and oxygen atoms in total. The van der Waals surface area contributed by atoms with Gasteiger partial charge in [0.25, 0.3) is 5.69 Å². The third-order valence-electron chi connectivity index (χ3n) is 2.03. The Labute approximate surface area is 108 Å². The molecule has 0 aliphatic rings. The number of nitrogens with one attached hydrogen (secondary N) is 1. The van der Waals surface area contributed by atoms with Crippen molar-refractivity contribution in [2.24, 2.45) is 0 Å². The number of nitrogens with zero attached hydrogens (tertiary/aromatic N) is 1. The molecule has 1 rings (SSSR count). The highest BCUT2D eigenvalue weighted by molar-refractivity contribution is 7.89. The van der Waals surface area contributed by atoms with Crippen molar-refractivity contribution in [3.63, 3.8) is 0 Å². The van der Waals surface area contributed by atoms with E-state index < -0.39 is 26.2 Å². The Morgan fingerprint density at radius 3 is 2.28 bits per heavy atom. The van der Waals surface area contributed by atoms with Crippen molar-refractivity contribution in [1.82, 2.24) is 4.72 Å². The molecule has 0 radical (unpaired) electrons. The number of halogens is 1. The van der Waals surface area contributed by atoms with Crippen molar-refractivity contribution < 1.29 is 18.1 Å². The van der Waals surface area contributed by atoms with Gasteiger partial charge >= 0.3 is 0 Å². The summed E-state index contributed by atoms with van der Waals surface area (Å²) in [5, 5.41) is 9.56. The monoisotopic (exact) mass is 292 g/mol. The van der Waals surface area contributed by atoms with Gasteiger partial charge in [0, 0.05) is 12.1 Å². The molecule has 0 saturated carbocycles. The summed E-state index contributed by atoms with van der Waals surface area (Å²) in [6.07, 6.45) is 0. The largest absolute Gasteiger partial charge is 0.279 e. The van der Waals surface area contributed by atoms with Gasteiger partial charge in [0.2, 0.25) is 15.3 Å². The fourth-order valence-corrected chi connectivity index (χ4v) is 2.42. The van der Waals surface area contributed by atoms with Gasteiger partial charge in [-0.25, -0.2) is 8.42 Å². The highest BCUT2D eigenvalue weighted by atomic mass is 35.5. The molecule has 0 aliphatic carbocycles. The molecule has 1 N–H and O–H groups in total. The normalized spacial score (nSPS) is 13.0. The first-order valence-electron chi connectivity index (χ1n) is 4.70. The lowest BCUT2D eigenvalue weighted by atomic mass is 10.3. The van der Waals surface area contributed by atoms with E-state index in [0.717, 1.165) is 24.3 Å². The van der Waals surface area contributed by atoms with Crippen LogP contribution in [-0.2, 0) is 14.8 Å². The summed E-state index contributed by atoms with van der Waals surface area (Å²) >= 11 is 5.13. The zero-order valence-electron chi connectivity index (χ0n) is 9.16. The smallest absolute Gasteiger partial charge is 0.269 e. The van der Waals surface area contributed by atoms with Crippen LogP contribution in [0.25, 0.3) is 0 Å². The van der Waals surface area contributed by atoms with Crippen LogP contribution in [0.3, 0.4) is 0 Å². The zero-order chi connectivity index (χ0) is 13.9. The maximum Gasteiger partial charge on any atom is 0.269 e. The third kappa shape index (κ3) is 3.49. The first kappa shape index (κ1) is 14.6. The van der Waals surface area contributed by atoms with Crippen molar-refractivity contribution in [1.29, 1.82) is 0 Å². The van der Waals surface area contributed by atoms with Crippen LogP contribution in [0.1, 0.15) is 6.92 Å². The molecular weight excluding hydrogens is 284 g/mol. The Hall–Kier alpha value is -1.51. The number of non-ortho nitro benzene ring substituents is 1. The highest BCUT2D eigenvalue weighted by Crippen LogP contribution is 2.16. The van der Waals surface area contributed by atoms with E-state index in [1.54, 1.807) is 0 Å². The van der Waals surface area contributed by atoms with Crippen molar-refractivity contribution >= 4 is 32.6 Å². The third-order valence-corrected chi connectivity index (χ3v) is 3.91. The maximum atomic E-state index is 11.7. The predicted octanol–water partition coefficient (Wildman–Crippen LogP) is 1.03. The van der Waals surface area contributed by atoms with Crippen molar-refractivity contribution in [2.45, 2.75) is 17.9 Å². The molecule has 98 valence electrons. The second-order valence-electron chi connectivity index (χ2n) is 3.40. The lowest BCUT2D eigenvalue weighted by molar-refractivity contribution is -0.384. The van der Waals surface area contributed by atoms with Crippen LogP contribution in [-0.4, -0.2) is 24.6 Å².